The molecule has 0 amide bonds. The van der Waals surface area contributed by atoms with E-state index in [0.29, 0.717) is 12.2 Å². The second-order valence-corrected chi connectivity index (χ2v) is 4.82. The van der Waals surface area contributed by atoms with Crippen molar-refractivity contribution in [1.82, 2.24) is 20.3 Å². The number of nitrogens with one attached hydrogen (secondary N) is 1. The van der Waals surface area contributed by atoms with E-state index in [1.807, 2.05) is 0 Å². The summed E-state index contributed by atoms with van der Waals surface area (Å²) in [5.74, 6) is -0.236. The van der Waals surface area contributed by atoms with Crippen LogP contribution in [0.1, 0.15) is 18.5 Å². The molecule has 0 aliphatic heterocycles. The molecule has 0 spiro atoms. The molecule has 0 atom stereocenters. The molecule has 2 aromatic rings. The molecule has 0 unspecified atom stereocenters. The highest BCUT2D eigenvalue weighted by atomic mass is 19.1. The predicted octanol–water partition coefficient (Wildman–Crippen LogP) is 2.05. The Morgan fingerprint density at radius 1 is 1.32 bits per heavy atom. The fourth-order valence-corrected chi connectivity index (χ4v) is 1.88. The molecular formula is C13H14F2N4. The Balaban J connectivity index is 1.70. The van der Waals surface area contributed by atoms with Gasteiger partial charge in [-0.15, -0.1) is 5.10 Å². The van der Waals surface area contributed by atoms with Crippen molar-refractivity contribution in [2.45, 2.75) is 19.4 Å². The Morgan fingerprint density at radius 3 is 2.95 bits per heavy atom. The fraction of sp³-hybridized carbons (Fsp3) is 0.385. The quantitative estimate of drug-likeness (QED) is 0.898. The summed E-state index contributed by atoms with van der Waals surface area (Å²) in [5, 5.41) is 11.0. The lowest BCUT2D eigenvalue weighted by molar-refractivity contribution is 0.584. The van der Waals surface area contributed by atoms with E-state index in [1.54, 1.807) is 6.20 Å². The highest BCUT2D eigenvalue weighted by Gasteiger charge is 2.20. The average molecular weight is 264 g/mol. The highest BCUT2D eigenvalue weighted by Crippen LogP contribution is 2.27. The summed E-state index contributed by atoms with van der Waals surface area (Å²) >= 11 is 0. The van der Waals surface area contributed by atoms with Crippen molar-refractivity contribution >= 4 is 0 Å². The van der Waals surface area contributed by atoms with Crippen LogP contribution in [0.25, 0.3) is 5.69 Å². The third-order valence-corrected chi connectivity index (χ3v) is 3.13. The van der Waals surface area contributed by atoms with Gasteiger partial charge >= 0.3 is 0 Å². The van der Waals surface area contributed by atoms with Crippen LogP contribution in [-0.2, 0) is 6.54 Å². The summed E-state index contributed by atoms with van der Waals surface area (Å²) in [6, 6.07) is 3.26. The van der Waals surface area contributed by atoms with Gasteiger partial charge in [0, 0.05) is 12.6 Å². The maximum atomic E-state index is 13.6. The van der Waals surface area contributed by atoms with Crippen molar-refractivity contribution in [1.29, 1.82) is 0 Å². The fourth-order valence-electron chi connectivity index (χ4n) is 1.88. The van der Waals surface area contributed by atoms with Crippen LogP contribution >= 0.6 is 0 Å². The van der Waals surface area contributed by atoms with Crippen LogP contribution in [0.5, 0.6) is 0 Å². The van der Waals surface area contributed by atoms with Gasteiger partial charge in [0.15, 0.2) is 0 Å². The molecular weight excluding hydrogens is 250 g/mol. The summed E-state index contributed by atoms with van der Waals surface area (Å²) in [6.07, 6.45) is 4.18. The lowest BCUT2D eigenvalue weighted by atomic mass is 10.3. The smallest absolute Gasteiger partial charge is 0.149 e. The van der Waals surface area contributed by atoms with Gasteiger partial charge in [-0.05, 0) is 37.4 Å². The zero-order valence-electron chi connectivity index (χ0n) is 10.3. The molecule has 3 rings (SSSR count). The molecule has 19 heavy (non-hydrogen) atoms. The molecule has 1 aliphatic rings. The molecule has 100 valence electrons. The molecule has 0 saturated heterocycles. The Bertz CT molecular complexity index is 578. The molecule has 0 bridgehead atoms. The molecule has 1 heterocycles. The summed E-state index contributed by atoms with van der Waals surface area (Å²) in [5.41, 5.74) is 0.783. The number of hydrogen-bond acceptors (Lipinski definition) is 3. The van der Waals surface area contributed by atoms with Crippen molar-refractivity contribution in [3.05, 3.63) is 41.7 Å². The van der Waals surface area contributed by atoms with Gasteiger partial charge in [-0.3, -0.25) is 0 Å². The highest BCUT2D eigenvalue weighted by molar-refractivity contribution is 5.32. The zero-order valence-corrected chi connectivity index (χ0v) is 10.3. The number of hydrogen-bond donors (Lipinski definition) is 1. The van der Waals surface area contributed by atoms with Gasteiger partial charge in [0.1, 0.15) is 17.3 Å². The Labute approximate surface area is 109 Å². The van der Waals surface area contributed by atoms with E-state index < -0.39 is 11.6 Å². The minimum Gasteiger partial charge on any atom is -0.311 e. The molecule has 6 heteroatoms. The largest absolute Gasteiger partial charge is 0.311 e. The third kappa shape index (κ3) is 2.96. The number of nitrogens with zero attached hydrogens (tertiary/aromatic N) is 3. The lowest BCUT2D eigenvalue weighted by Gasteiger charge is -2.01. The Hall–Kier alpha value is -1.82. The van der Waals surface area contributed by atoms with Gasteiger partial charge < -0.3 is 5.32 Å². The van der Waals surface area contributed by atoms with Crippen molar-refractivity contribution in [3.8, 4) is 5.69 Å². The van der Waals surface area contributed by atoms with Crippen LogP contribution in [0.4, 0.5) is 8.78 Å². The van der Waals surface area contributed by atoms with Crippen LogP contribution in [0.3, 0.4) is 0 Å². The SMILES string of the molecule is Fc1ccc(F)c(-n2cc(CNCC3CC3)nn2)c1. The van der Waals surface area contributed by atoms with E-state index in [9.17, 15) is 8.78 Å². The van der Waals surface area contributed by atoms with Crippen LogP contribution in [-0.4, -0.2) is 21.5 Å². The van der Waals surface area contributed by atoms with Crippen molar-refractivity contribution in [2.75, 3.05) is 6.54 Å². The first-order valence-corrected chi connectivity index (χ1v) is 6.30. The number of halogens is 2. The van der Waals surface area contributed by atoms with Gasteiger partial charge in [-0.25, -0.2) is 13.5 Å². The minimum absolute atomic E-state index is 0.0703. The van der Waals surface area contributed by atoms with Gasteiger partial charge in [0.25, 0.3) is 0 Å². The van der Waals surface area contributed by atoms with Crippen LogP contribution in [0, 0.1) is 17.6 Å². The van der Waals surface area contributed by atoms with E-state index in [0.717, 1.165) is 30.7 Å². The average Bonchev–Trinajstić information content (AvgIpc) is 3.10. The summed E-state index contributed by atoms with van der Waals surface area (Å²) in [4.78, 5) is 0. The van der Waals surface area contributed by atoms with E-state index in [4.69, 9.17) is 0 Å². The molecule has 1 aromatic carbocycles. The number of rotatable bonds is 5. The van der Waals surface area contributed by atoms with Crippen LogP contribution in [0.2, 0.25) is 0 Å². The first kappa shape index (κ1) is 12.2. The lowest BCUT2D eigenvalue weighted by Crippen LogP contribution is -2.16. The monoisotopic (exact) mass is 264 g/mol. The molecule has 1 aromatic heterocycles. The third-order valence-electron chi connectivity index (χ3n) is 3.13. The maximum Gasteiger partial charge on any atom is 0.149 e. The number of benzene rings is 1. The Morgan fingerprint density at radius 2 is 2.16 bits per heavy atom. The van der Waals surface area contributed by atoms with Gasteiger partial charge in [0.05, 0.1) is 11.9 Å². The van der Waals surface area contributed by atoms with Crippen molar-refractivity contribution in [2.24, 2.45) is 5.92 Å². The van der Waals surface area contributed by atoms with Crippen molar-refractivity contribution < 1.29 is 8.78 Å². The topological polar surface area (TPSA) is 42.7 Å². The van der Waals surface area contributed by atoms with E-state index in [2.05, 4.69) is 15.6 Å². The predicted molar refractivity (Wildman–Crippen MR) is 65.7 cm³/mol. The first-order valence-electron chi connectivity index (χ1n) is 6.30. The number of aromatic nitrogens is 3. The summed E-state index contributed by atoms with van der Waals surface area (Å²) in [7, 11) is 0. The van der Waals surface area contributed by atoms with E-state index in [1.165, 1.54) is 17.5 Å². The zero-order chi connectivity index (χ0) is 13.2. The molecule has 1 fully saturated rings. The molecule has 0 radical (unpaired) electrons. The van der Waals surface area contributed by atoms with Crippen molar-refractivity contribution in [3.63, 3.8) is 0 Å². The summed E-state index contributed by atoms with van der Waals surface area (Å²) < 4.78 is 27.9. The summed E-state index contributed by atoms with van der Waals surface area (Å²) in [6.45, 7) is 1.56. The van der Waals surface area contributed by atoms with E-state index >= 15 is 0 Å². The van der Waals surface area contributed by atoms with Gasteiger partial charge in [-0.1, -0.05) is 5.21 Å². The van der Waals surface area contributed by atoms with Gasteiger partial charge in [0.2, 0.25) is 0 Å². The molecule has 1 saturated carbocycles. The van der Waals surface area contributed by atoms with E-state index in [-0.39, 0.29) is 5.69 Å². The second kappa shape index (κ2) is 5.05. The van der Waals surface area contributed by atoms with Gasteiger partial charge in [-0.2, -0.15) is 0 Å². The first-order chi connectivity index (χ1) is 9.22. The van der Waals surface area contributed by atoms with Crippen LogP contribution in [0.15, 0.2) is 24.4 Å². The Kier molecular flexibility index (Phi) is 3.25. The normalized spacial score (nSPS) is 14.8. The molecule has 1 N–H and O–H groups in total. The molecule has 4 nitrogen and oxygen atoms in total. The standard InChI is InChI=1S/C13H14F2N4/c14-10-3-4-12(15)13(5-10)19-8-11(17-18-19)7-16-6-9-1-2-9/h3-5,8-9,16H,1-2,6-7H2. The van der Waals surface area contributed by atoms with Crippen LogP contribution < -0.4 is 5.32 Å². The second-order valence-electron chi connectivity index (χ2n) is 4.82. The molecule has 1 aliphatic carbocycles. The minimum atomic E-state index is -0.524. The maximum absolute atomic E-state index is 13.6.